The Balaban J connectivity index is 1.67. The molecule has 1 fully saturated rings. The average molecular weight is 387 g/mol. The van der Waals surface area contributed by atoms with Gasteiger partial charge in [0, 0.05) is 23.4 Å². The first-order valence-corrected chi connectivity index (χ1v) is 9.71. The number of halogens is 3. The molecule has 6 heteroatoms. The highest BCUT2D eigenvalue weighted by Crippen LogP contribution is 2.37. The van der Waals surface area contributed by atoms with E-state index in [1.165, 1.54) is 6.20 Å². The zero-order chi connectivity index (χ0) is 19.8. The van der Waals surface area contributed by atoms with Crippen LogP contribution >= 0.6 is 0 Å². The highest BCUT2D eigenvalue weighted by Gasteiger charge is 2.29. The van der Waals surface area contributed by atoms with Crippen LogP contribution in [-0.4, -0.2) is 40.9 Å². The van der Waals surface area contributed by atoms with Crippen molar-refractivity contribution in [2.45, 2.75) is 38.8 Å². The van der Waals surface area contributed by atoms with Crippen molar-refractivity contribution >= 4 is 10.9 Å². The van der Waals surface area contributed by atoms with Crippen molar-refractivity contribution in [3.63, 3.8) is 0 Å². The van der Waals surface area contributed by atoms with Gasteiger partial charge in [0.1, 0.15) is 6.17 Å². The van der Waals surface area contributed by atoms with Gasteiger partial charge in [-0.15, -0.1) is 0 Å². The lowest BCUT2D eigenvalue weighted by atomic mass is 9.86. The van der Waals surface area contributed by atoms with Gasteiger partial charge >= 0.3 is 0 Å². The number of nitrogens with zero attached hydrogens (tertiary/aromatic N) is 2. The first-order chi connectivity index (χ1) is 13.5. The van der Waals surface area contributed by atoms with Crippen LogP contribution in [0.15, 0.2) is 36.5 Å². The van der Waals surface area contributed by atoms with Crippen LogP contribution in [0.1, 0.15) is 42.4 Å². The molecule has 1 aromatic heterocycles. The summed E-state index contributed by atoms with van der Waals surface area (Å²) in [6, 6.07) is 9.24. The van der Waals surface area contributed by atoms with E-state index in [0.29, 0.717) is 17.4 Å². The van der Waals surface area contributed by atoms with Gasteiger partial charge < -0.3 is 4.90 Å². The molecule has 0 aliphatic carbocycles. The molecule has 0 saturated carbocycles. The maximum atomic E-state index is 14.6. The SMILES string of the molecule is CCN1CC[C@H](c2ccc(-c3cc(C(F)F)c4cn[nH]c4c3C)cc2)[C@@H](F)C1. The largest absolute Gasteiger partial charge is 0.301 e. The van der Waals surface area contributed by atoms with Crippen LogP contribution in [0.2, 0.25) is 0 Å². The maximum Gasteiger partial charge on any atom is 0.264 e. The predicted molar refractivity (Wildman–Crippen MR) is 106 cm³/mol. The number of piperidine rings is 1. The van der Waals surface area contributed by atoms with E-state index in [4.69, 9.17) is 0 Å². The van der Waals surface area contributed by atoms with Crippen LogP contribution in [-0.2, 0) is 0 Å². The van der Waals surface area contributed by atoms with Gasteiger partial charge in [-0.3, -0.25) is 5.10 Å². The van der Waals surface area contributed by atoms with E-state index in [2.05, 4.69) is 15.1 Å². The summed E-state index contributed by atoms with van der Waals surface area (Å²) < 4.78 is 41.7. The minimum absolute atomic E-state index is 0.0239. The second-order valence-corrected chi connectivity index (χ2v) is 7.52. The number of hydrogen-bond donors (Lipinski definition) is 1. The van der Waals surface area contributed by atoms with Crippen LogP contribution < -0.4 is 0 Å². The lowest BCUT2D eigenvalue weighted by Crippen LogP contribution is -2.40. The Hall–Kier alpha value is -2.34. The minimum atomic E-state index is -2.57. The van der Waals surface area contributed by atoms with E-state index >= 15 is 0 Å². The van der Waals surface area contributed by atoms with E-state index < -0.39 is 12.6 Å². The second kappa shape index (κ2) is 7.59. The minimum Gasteiger partial charge on any atom is -0.301 e. The number of benzene rings is 2. The Morgan fingerprint density at radius 3 is 2.64 bits per heavy atom. The number of likely N-dealkylation sites (tertiary alicyclic amines) is 1. The molecule has 2 atom stereocenters. The summed E-state index contributed by atoms with van der Waals surface area (Å²) in [5.41, 5.74) is 4.06. The third-order valence-electron chi connectivity index (χ3n) is 5.99. The van der Waals surface area contributed by atoms with Crippen molar-refractivity contribution in [3.05, 3.63) is 53.2 Å². The molecule has 0 spiro atoms. The molecule has 0 radical (unpaired) electrons. The highest BCUT2D eigenvalue weighted by molar-refractivity contribution is 5.91. The Morgan fingerprint density at radius 1 is 1.25 bits per heavy atom. The molecule has 1 aliphatic rings. The summed E-state index contributed by atoms with van der Waals surface area (Å²) in [7, 11) is 0. The van der Waals surface area contributed by atoms with Crippen LogP contribution in [0.5, 0.6) is 0 Å². The molecule has 2 heterocycles. The number of aryl methyl sites for hydroxylation is 1. The van der Waals surface area contributed by atoms with E-state index in [-0.39, 0.29) is 11.5 Å². The van der Waals surface area contributed by atoms with Crippen molar-refractivity contribution < 1.29 is 13.2 Å². The van der Waals surface area contributed by atoms with Crippen molar-refractivity contribution in [3.8, 4) is 11.1 Å². The first-order valence-electron chi connectivity index (χ1n) is 9.71. The molecule has 1 saturated heterocycles. The summed E-state index contributed by atoms with van der Waals surface area (Å²) >= 11 is 0. The topological polar surface area (TPSA) is 31.9 Å². The van der Waals surface area contributed by atoms with Crippen molar-refractivity contribution in [1.82, 2.24) is 15.1 Å². The van der Waals surface area contributed by atoms with Crippen LogP contribution in [0.25, 0.3) is 22.0 Å². The fraction of sp³-hybridized carbons (Fsp3) is 0.409. The van der Waals surface area contributed by atoms with Crippen molar-refractivity contribution in [2.24, 2.45) is 0 Å². The Morgan fingerprint density at radius 2 is 2.00 bits per heavy atom. The Labute approximate surface area is 162 Å². The summed E-state index contributed by atoms with van der Waals surface area (Å²) in [6.45, 7) is 6.19. The molecule has 2 aromatic carbocycles. The zero-order valence-electron chi connectivity index (χ0n) is 16.1. The molecule has 0 amide bonds. The number of aromatic amines is 1. The fourth-order valence-corrected chi connectivity index (χ4v) is 4.29. The molecule has 1 N–H and O–H groups in total. The van der Waals surface area contributed by atoms with Crippen molar-refractivity contribution in [1.29, 1.82) is 0 Å². The standard InChI is InChI=1S/C22H24F3N3/c1-3-28-9-8-16(20(23)12-28)14-4-6-15(7-5-14)17-10-18(22(24)25)19-11-26-27-21(19)13(17)2/h4-7,10-11,16,20,22H,3,8-9,12H2,1-2H3,(H,26,27)/t16-,20+/m1/s1. The van der Waals surface area contributed by atoms with E-state index in [1.807, 2.05) is 38.1 Å². The zero-order valence-corrected chi connectivity index (χ0v) is 16.1. The summed E-state index contributed by atoms with van der Waals surface area (Å²) in [4.78, 5) is 2.13. The maximum absolute atomic E-state index is 14.6. The Bertz CT molecular complexity index is 965. The number of alkyl halides is 3. The van der Waals surface area contributed by atoms with Gasteiger partial charge in [0.25, 0.3) is 6.43 Å². The number of H-pyrrole nitrogens is 1. The number of rotatable bonds is 4. The van der Waals surface area contributed by atoms with Crippen LogP contribution in [0, 0.1) is 6.92 Å². The number of hydrogen-bond acceptors (Lipinski definition) is 2. The molecule has 1 aliphatic heterocycles. The predicted octanol–water partition coefficient (Wildman–Crippen LogP) is 5.62. The third kappa shape index (κ3) is 3.30. The summed E-state index contributed by atoms with van der Waals surface area (Å²) in [5, 5.41) is 7.22. The number of fused-ring (bicyclic) bond motifs is 1. The van der Waals surface area contributed by atoms with Gasteiger partial charge in [-0.05, 0) is 54.8 Å². The average Bonchev–Trinajstić information content (AvgIpc) is 3.18. The lowest BCUT2D eigenvalue weighted by Gasteiger charge is -2.34. The summed E-state index contributed by atoms with van der Waals surface area (Å²) in [6.07, 6.45) is -1.22. The Kier molecular flexibility index (Phi) is 5.15. The van der Waals surface area contributed by atoms with Gasteiger partial charge in [-0.1, -0.05) is 31.2 Å². The summed E-state index contributed by atoms with van der Waals surface area (Å²) in [5.74, 6) is -0.107. The van der Waals surface area contributed by atoms with Gasteiger partial charge in [0.05, 0.1) is 11.7 Å². The van der Waals surface area contributed by atoms with Crippen LogP contribution in [0.3, 0.4) is 0 Å². The van der Waals surface area contributed by atoms with E-state index in [0.717, 1.165) is 41.8 Å². The highest BCUT2D eigenvalue weighted by atomic mass is 19.3. The molecular weight excluding hydrogens is 363 g/mol. The quantitative estimate of drug-likeness (QED) is 0.630. The lowest BCUT2D eigenvalue weighted by molar-refractivity contribution is 0.122. The molecule has 0 unspecified atom stereocenters. The van der Waals surface area contributed by atoms with E-state index in [1.54, 1.807) is 6.07 Å². The van der Waals surface area contributed by atoms with Crippen LogP contribution in [0.4, 0.5) is 13.2 Å². The van der Waals surface area contributed by atoms with Gasteiger partial charge in [0.15, 0.2) is 0 Å². The molecule has 3 nitrogen and oxygen atoms in total. The third-order valence-corrected chi connectivity index (χ3v) is 5.99. The monoisotopic (exact) mass is 387 g/mol. The fourth-order valence-electron chi connectivity index (χ4n) is 4.29. The molecule has 3 aromatic rings. The first kappa shape index (κ1) is 19.0. The second-order valence-electron chi connectivity index (χ2n) is 7.52. The van der Waals surface area contributed by atoms with Gasteiger partial charge in [0.2, 0.25) is 0 Å². The molecular formula is C22H24F3N3. The van der Waals surface area contributed by atoms with Gasteiger partial charge in [-0.25, -0.2) is 13.2 Å². The smallest absolute Gasteiger partial charge is 0.264 e. The number of nitrogens with one attached hydrogen (secondary N) is 1. The normalized spacial score (nSPS) is 20.9. The molecule has 148 valence electrons. The molecule has 4 rings (SSSR count). The number of aromatic nitrogens is 2. The molecule has 28 heavy (non-hydrogen) atoms. The van der Waals surface area contributed by atoms with Crippen molar-refractivity contribution in [2.75, 3.05) is 19.6 Å². The molecule has 0 bridgehead atoms. The van der Waals surface area contributed by atoms with Gasteiger partial charge in [-0.2, -0.15) is 5.10 Å². The van der Waals surface area contributed by atoms with E-state index in [9.17, 15) is 13.2 Å².